The first kappa shape index (κ1) is 25.0. The van der Waals surface area contributed by atoms with Crippen molar-refractivity contribution in [3.05, 3.63) is 71.7 Å². The van der Waals surface area contributed by atoms with Crippen molar-refractivity contribution in [3.63, 3.8) is 0 Å². The van der Waals surface area contributed by atoms with Crippen LogP contribution in [-0.4, -0.2) is 40.4 Å². The predicted molar refractivity (Wildman–Crippen MR) is 143 cm³/mol. The molecule has 8 nitrogen and oxygen atoms in total. The summed E-state index contributed by atoms with van der Waals surface area (Å²) in [5.41, 5.74) is 2.21. The standard InChI is InChI=1S/C28H30N4O4S/c33-25(21-9-4-5-10-21)30-22-12-14-23(15-13-22)32(27-29-16-18-37-27)26(34)24-11-6-17-31(24)28(35)36-19-20-7-2-1-3-8-20/h1-3,7-8,12-16,18,21,24H,4-6,9-11,17,19H2,(H,30,33). The lowest BCUT2D eigenvalue weighted by Gasteiger charge is -2.28. The van der Waals surface area contributed by atoms with E-state index in [1.54, 1.807) is 35.4 Å². The number of ether oxygens (including phenoxy) is 1. The van der Waals surface area contributed by atoms with Crippen LogP contribution in [0.25, 0.3) is 0 Å². The van der Waals surface area contributed by atoms with Gasteiger partial charge in [0.1, 0.15) is 12.6 Å². The Morgan fingerprint density at radius 2 is 1.76 bits per heavy atom. The summed E-state index contributed by atoms with van der Waals surface area (Å²) in [6.45, 7) is 0.614. The van der Waals surface area contributed by atoms with Gasteiger partial charge in [0, 0.05) is 29.7 Å². The largest absolute Gasteiger partial charge is 0.445 e. The van der Waals surface area contributed by atoms with Gasteiger partial charge in [-0.1, -0.05) is 43.2 Å². The molecule has 0 spiro atoms. The van der Waals surface area contributed by atoms with Crippen LogP contribution in [0.2, 0.25) is 0 Å². The smallest absolute Gasteiger partial charge is 0.410 e. The van der Waals surface area contributed by atoms with E-state index in [9.17, 15) is 14.4 Å². The SMILES string of the molecule is O=C(Nc1ccc(N(C(=O)C2CCCN2C(=O)OCc2ccccc2)c2nccs2)cc1)C1CCCC1. The maximum absolute atomic E-state index is 13.8. The van der Waals surface area contributed by atoms with Crippen molar-refractivity contribution < 1.29 is 19.1 Å². The molecule has 5 rings (SSSR count). The number of likely N-dealkylation sites (tertiary alicyclic amines) is 1. The molecule has 1 aliphatic heterocycles. The summed E-state index contributed by atoms with van der Waals surface area (Å²) >= 11 is 1.35. The number of benzene rings is 2. The molecule has 1 saturated carbocycles. The number of aromatic nitrogens is 1. The van der Waals surface area contributed by atoms with Crippen molar-refractivity contribution in [2.45, 2.75) is 51.2 Å². The van der Waals surface area contributed by atoms with Crippen LogP contribution in [0.15, 0.2) is 66.2 Å². The summed E-state index contributed by atoms with van der Waals surface area (Å²) in [5, 5.41) is 5.33. The summed E-state index contributed by atoms with van der Waals surface area (Å²) in [6, 6.07) is 16.0. The molecule has 1 atom stereocenters. The van der Waals surface area contributed by atoms with Gasteiger partial charge in [0.05, 0.1) is 5.69 Å². The molecule has 1 aliphatic carbocycles. The number of rotatable bonds is 7. The molecule has 2 aliphatic rings. The van der Waals surface area contributed by atoms with E-state index in [2.05, 4.69) is 10.3 Å². The molecular weight excluding hydrogens is 488 g/mol. The molecule has 1 unspecified atom stereocenters. The van der Waals surface area contributed by atoms with Crippen molar-refractivity contribution in [3.8, 4) is 0 Å². The van der Waals surface area contributed by atoms with Crippen LogP contribution >= 0.6 is 11.3 Å². The van der Waals surface area contributed by atoms with Gasteiger partial charge in [0.15, 0.2) is 5.13 Å². The highest BCUT2D eigenvalue weighted by atomic mass is 32.1. The van der Waals surface area contributed by atoms with Crippen molar-refractivity contribution in [2.24, 2.45) is 5.92 Å². The average Bonchev–Trinajstić information content (AvgIpc) is 3.72. The number of carbonyl (C=O) groups is 3. The van der Waals surface area contributed by atoms with E-state index >= 15 is 0 Å². The number of hydrogen-bond donors (Lipinski definition) is 1. The molecule has 0 bridgehead atoms. The number of anilines is 3. The first-order valence-electron chi connectivity index (χ1n) is 12.7. The number of amides is 3. The Labute approximate surface area is 220 Å². The monoisotopic (exact) mass is 518 g/mol. The molecule has 1 saturated heterocycles. The minimum atomic E-state index is -0.645. The van der Waals surface area contributed by atoms with Gasteiger partial charge in [-0.25, -0.2) is 9.78 Å². The van der Waals surface area contributed by atoms with Gasteiger partial charge in [0.2, 0.25) is 5.91 Å². The van der Waals surface area contributed by atoms with Crippen LogP contribution in [0.5, 0.6) is 0 Å². The summed E-state index contributed by atoms with van der Waals surface area (Å²) < 4.78 is 5.53. The Kier molecular flexibility index (Phi) is 7.79. The average molecular weight is 519 g/mol. The minimum Gasteiger partial charge on any atom is -0.445 e. The van der Waals surface area contributed by atoms with Crippen LogP contribution in [0.3, 0.4) is 0 Å². The van der Waals surface area contributed by atoms with Crippen LogP contribution < -0.4 is 10.2 Å². The third-order valence-corrected chi connectivity index (χ3v) is 7.68. The molecule has 9 heteroatoms. The summed E-state index contributed by atoms with van der Waals surface area (Å²) in [5.74, 6) is -0.108. The second-order valence-electron chi connectivity index (χ2n) is 9.40. The fourth-order valence-corrected chi connectivity index (χ4v) is 5.64. The van der Waals surface area contributed by atoms with Crippen LogP contribution in [-0.2, 0) is 20.9 Å². The molecule has 37 heavy (non-hydrogen) atoms. The molecular formula is C28H30N4O4S. The topological polar surface area (TPSA) is 91.8 Å². The van der Waals surface area contributed by atoms with E-state index in [1.807, 2.05) is 35.7 Å². The lowest BCUT2D eigenvalue weighted by molar-refractivity contribution is -0.122. The molecule has 0 radical (unpaired) electrons. The van der Waals surface area contributed by atoms with Crippen LogP contribution in [0.1, 0.15) is 44.1 Å². The zero-order chi connectivity index (χ0) is 25.6. The van der Waals surface area contributed by atoms with Gasteiger partial charge in [-0.05, 0) is 55.5 Å². The predicted octanol–water partition coefficient (Wildman–Crippen LogP) is 5.74. The van der Waals surface area contributed by atoms with Crippen LogP contribution in [0, 0.1) is 5.92 Å². The van der Waals surface area contributed by atoms with Crippen molar-refractivity contribution in [1.29, 1.82) is 0 Å². The Hall–Kier alpha value is -3.72. The van der Waals surface area contributed by atoms with Crippen molar-refractivity contribution in [1.82, 2.24) is 9.88 Å². The lowest BCUT2D eigenvalue weighted by Crippen LogP contribution is -2.46. The zero-order valence-corrected chi connectivity index (χ0v) is 21.4. The van der Waals surface area contributed by atoms with E-state index < -0.39 is 12.1 Å². The Morgan fingerprint density at radius 1 is 1.00 bits per heavy atom. The molecule has 1 aromatic heterocycles. The highest BCUT2D eigenvalue weighted by Crippen LogP contribution is 2.33. The van der Waals surface area contributed by atoms with Gasteiger partial charge in [-0.2, -0.15) is 0 Å². The molecule has 1 N–H and O–H groups in total. The molecule has 3 amide bonds. The van der Waals surface area contributed by atoms with Crippen molar-refractivity contribution >= 4 is 45.8 Å². The highest BCUT2D eigenvalue weighted by Gasteiger charge is 2.39. The van der Waals surface area contributed by atoms with E-state index in [1.165, 1.54) is 16.2 Å². The fraction of sp³-hybridized carbons (Fsp3) is 0.357. The Bertz CT molecular complexity index is 1210. The number of hydrogen-bond acceptors (Lipinski definition) is 6. The first-order chi connectivity index (χ1) is 18.1. The van der Waals surface area contributed by atoms with E-state index in [4.69, 9.17) is 4.74 Å². The molecule has 2 heterocycles. The fourth-order valence-electron chi connectivity index (χ4n) is 4.98. The third kappa shape index (κ3) is 5.83. The quantitative estimate of drug-likeness (QED) is 0.431. The molecule has 2 aromatic carbocycles. The zero-order valence-electron chi connectivity index (χ0n) is 20.5. The lowest BCUT2D eigenvalue weighted by atomic mass is 10.1. The number of carbonyl (C=O) groups excluding carboxylic acids is 3. The Balaban J connectivity index is 1.30. The number of nitrogens with one attached hydrogen (secondary N) is 1. The first-order valence-corrected chi connectivity index (χ1v) is 13.6. The second-order valence-corrected chi connectivity index (χ2v) is 10.3. The van der Waals surface area contributed by atoms with E-state index in [-0.39, 0.29) is 24.3 Å². The van der Waals surface area contributed by atoms with E-state index in [0.717, 1.165) is 31.2 Å². The summed E-state index contributed by atoms with van der Waals surface area (Å²) in [7, 11) is 0. The maximum atomic E-state index is 13.8. The second kappa shape index (κ2) is 11.6. The highest BCUT2D eigenvalue weighted by molar-refractivity contribution is 7.13. The van der Waals surface area contributed by atoms with Gasteiger partial charge in [-0.3, -0.25) is 19.4 Å². The van der Waals surface area contributed by atoms with Gasteiger partial charge in [-0.15, -0.1) is 11.3 Å². The van der Waals surface area contributed by atoms with Crippen LogP contribution in [0.4, 0.5) is 21.3 Å². The number of nitrogens with zero attached hydrogens (tertiary/aromatic N) is 3. The molecule has 192 valence electrons. The normalized spacial score (nSPS) is 17.5. The molecule has 3 aromatic rings. The number of thiazole rings is 1. The summed E-state index contributed by atoms with van der Waals surface area (Å²) in [4.78, 5) is 46.7. The summed E-state index contributed by atoms with van der Waals surface area (Å²) in [6.07, 6.45) is 6.48. The van der Waals surface area contributed by atoms with Gasteiger partial charge < -0.3 is 10.1 Å². The Morgan fingerprint density at radius 3 is 2.46 bits per heavy atom. The maximum Gasteiger partial charge on any atom is 0.410 e. The van der Waals surface area contributed by atoms with E-state index in [0.29, 0.717) is 35.9 Å². The van der Waals surface area contributed by atoms with Gasteiger partial charge >= 0.3 is 6.09 Å². The molecule has 2 fully saturated rings. The minimum absolute atomic E-state index is 0.0497. The van der Waals surface area contributed by atoms with Crippen molar-refractivity contribution in [2.75, 3.05) is 16.8 Å². The van der Waals surface area contributed by atoms with Gasteiger partial charge in [0.25, 0.3) is 5.91 Å². The third-order valence-electron chi connectivity index (χ3n) is 6.93.